The summed E-state index contributed by atoms with van der Waals surface area (Å²) in [4.78, 5) is 0. The van der Waals surface area contributed by atoms with Gasteiger partial charge in [0, 0.05) is 0 Å². The molecule has 0 aromatic rings. The molecule has 0 aliphatic carbocycles. The van der Waals surface area contributed by atoms with Crippen molar-refractivity contribution in [2.75, 3.05) is 0 Å². The molecule has 0 aromatic carbocycles. The molecule has 0 spiro atoms. The van der Waals surface area contributed by atoms with Crippen molar-refractivity contribution in [3.63, 3.8) is 0 Å². The number of fused-ring (bicyclic) bond motifs is 8. The zero-order chi connectivity index (χ0) is 8.58. The summed E-state index contributed by atoms with van der Waals surface area (Å²) < 4.78 is 11.7. The number of hydrogen-bond donors (Lipinski definition) is 0. The van der Waals surface area contributed by atoms with Gasteiger partial charge in [-0.15, -0.1) is 0 Å². The Kier molecular flexibility index (Phi) is 0.999. The highest BCUT2D eigenvalue weighted by atomic mass is 16.5. The molecule has 4 rings (SSSR count). The fourth-order valence-electron chi connectivity index (χ4n) is 3.24. The van der Waals surface area contributed by atoms with Gasteiger partial charge in [0.15, 0.2) is 0 Å². The van der Waals surface area contributed by atoms with Crippen molar-refractivity contribution in [2.24, 2.45) is 5.92 Å². The summed E-state index contributed by atoms with van der Waals surface area (Å²) in [7, 11) is 0. The van der Waals surface area contributed by atoms with E-state index in [1.807, 2.05) is 0 Å². The molecule has 5 unspecified atom stereocenters. The minimum absolute atomic E-state index is 0.262. The summed E-state index contributed by atoms with van der Waals surface area (Å²) >= 11 is 0. The Morgan fingerprint density at radius 2 is 1.92 bits per heavy atom. The standard InChI is InChI=1S/C11H12O2/c1-5-4-8-9-6-2-3-7(12-6)10(9)11(5)13-8/h2-3,5-8,11H,4H2,1H3. The summed E-state index contributed by atoms with van der Waals surface area (Å²) in [6.07, 6.45) is 6.85. The molecule has 2 nitrogen and oxygen atoms in total. The minimum atomic E-state index is 0.262. The van der Waals surface area contributed by atoms with E-state index in [1.165, 1.54) is 17.6 Å². The van der Waals surface area contributed by atoms with E-state index in [1.54, 1.807) is 0 Å². The minimum Gasteiger partial charge on any atom is -0.366 e. The van der Waals surface area contributed by atoms with Gasteiger partial charge in [-0.1, -0.05) is 19.1 Å². The van der Waals surface area contributed by atoms with E-state index in [0.29, 0.717) is 18.1 Å². The van der Waals surface area contributed by atoms with Crippen molar-refractivity contribution >= 4 is 0 Å². The molecule has 4 aliphatic rings. The maximum absolute atomic E-state index is 5.94. The monoisotopic (exact) mass is 176 g/mol. The molecule has 2 heteroatoms. The second kappa shape index (κ2) is 1.91. The Labute approximate surface area is 77.2 Å². The van der Waals surface area contributed by atoms with Crippen LogP contribution < -0.4 is 0 Å². The molecule has 0 N–H and O–H groups in total. The predicted octanol–water partition coefficient (Wildman–Crippen LogP) is 1.43. The van der Waals surface area contributed by atoms with Crippen LogP contribution in [0.4, 0.5) is 0 Å². The lowest BCUT2D eigenvalue weighted by molar-refractivity contribution is 0.0466. The first-order chi connectivity index (χ1) is 6.34. The quantitative estimate of drug-likeness (QED) is 0.520. The van der Waals surface area contributed by atoms with Gasteiger partial charge in [0.25, 0.3) is 0 Å². The smallest absolute Gasteiger partial charge is 0.101 e. The van der Waals surface area contributed by atoms with Gasteiger partial charge in [-0.05, 0) is 23.5 Å². The lowest BCUT2D eigenvalue weighted by Crippen LogP contribution is -2.22. The van der Waals surface area contributed by atoms with Crippen LogP contribution in [0.2, 0.25) is 0 Å². The molecule has 5 atom stereocenters. The first kappa shape index (κ1) is 6.80. The zero-order valence-corrected chi connectivity index (χ0v) is 7.57. The molecule has 0 aromatic heterocycles. The fraction of sp³-hybridized carbons (Fsp3) is 0.636. The Morgan fingerprint density at radius 1 is 1.15 bits per heavy atom. The van der Waals surface area contributed by atoms with Crippen molar-refractivity contribution < 1.29 is 9.47 Å². The molecule has 0 radical (unpaired) electrons. The van der Waals surface area contributed by atoms with E-state index < -0.39 is 0 Å². The molecule has 0 saturated carbocycles. The molecule has 1 fully saturated rings. The summed E-state index contributed by atoms with van der Waals surface area (Å²) in [6, 6.07) is 0. The Hall–Kier alpha value is -0.600. The molecule has 1 saturated heterocycles. The van der Waals surface area contributed by atoms with Crippen LogP contribution in [0.1, 0.15) is 13.3 Å². The highest BCUT2D eigenvalue weighted by Gasteiger charge is 2.54. The van der Waals surface area contributed by atoms with Crippen molar-refractivity contribution in [2.45, 2.75) is 37.8 Å². The zero-order valence-electron chi connectivity index (χ0n) is 7.57. The fourth-order valence-corrected chi connectivity index (χ4v) is 3.24. The van der Waals surface area contributed by atoms with Crippen LogP contribution in [0.5, 0.6) is 0 Å². The van der Waals surface area contributed by atoms with E-state index in [2.05, 4.69) is 19.1 Å². The van der Waals surface area contributed by atoms with Crippen molar-refractivity contribution in [1.82, 2.24) is 0 Å². The van der Waals surface area contributed by atoms with Crippen molar-refractivity contribution in [3.05, 3.63) is 23.3 Å². The highest BCUT2D eigenvalue weighted by Crippen LogP contribution is 2.52. The molecule has 4 heterocycles. The van der Waals surface area contributed by atoms with E-state index in [4.69, 9.17) is 9.47 Å². The van der Waals surface area contributed by atoms with Gasteiger partial charge in [-0.3, -0.25) is 0 Å². The second-order valence-electron chi connectivity index (χ2n) is 4.53. The summed E-state index contributed by atoms with van der Waals surface area (Å²) in [5.41, 5.74) is 2.94. The first-order valence-corrected chi connectivity index (χ1v) is 5.07. The lowest BCUT2D eigenvalue weighted by Gasteiger charge is -2.19. The lowest BCUT2D eigenvalue weighted by atomic mass is 9.80. The average Bonchev–Trinajstić information content (AvgIpc) is 2.78. The van der Waals surface area contributed by atoms with Crippen molar-refractivity contribution in [3.8, 4) is 0 Å². The van der Waals surface area contributed by atoms with Crippen LogP contribution in [0.25, 0.3) is 0 Å². The van der Waals surface area contributed by atoms with Gasteiger partial charge in [-0.2, -0.15) is 0 Å². The SMILES string of the molecule is CC1CC2OC1C1=C2C2C=CC1O2. The van der Waals surface area contributed by atoms with Crippen LogP contribution in [-0.4, -0.2) is 24.4 Å². The molecule has 68 valence electrons. The van der Waals surface area contributed by atoms with Crippen LogP contribution in [-0.2, 0) is 9.47 Å². The Morgan fingerprint density at radius 3 is 2.77 bits per heavy atom. The molecular weight excluding hydrogens is 164 g/mol. The maximum atomic E-state index is 5.94. The number of ether oxygens (including phenoxy) is 2. The summed E-state index contributed by atoms with van der Waals surface area (Å²) in [5, 5.41) is 0. The molecular formula is C11H12O2. The van der Waals surface area contributed by atoms with Gasteiger partial charge in [0.05, 0.1) is 12.2 Å². The number of rotatable bonds is 0. The largest absolute Gasteiger partial charge is 0.366 e. The van der Waals surface area contributed by atoms with Crippen LogP contribution in [0.15, 0.2) is 23.3 Å². The van der Waals surface area contributed by atoms with Gasteiger partial charge >= 0.3 is 0 Å². The molecule has 4 aliphatic heterocycles. The van der Waals surface area contributed by atoms with E-state index in [0.717, 1.165) is 0 Å². The molecule has 4 bridgehead atoms. The average molecular weight is 176 g/mol. The Bertz CT molecular complexity index is 342. The first-order valence-electron chi connectivity index (χ1n) is 5.07. The van der Waals surface area contributed by atoms with E-state index >= 15 is 0 Å². The molecule has 13 heavy (non-hydrogen) atoms. The van der Waals surface area contributed by atoms with E-state index in [9.17, 15) is 0 Å². The maximum Gasteiger partial charge on any atom is 0.101 e. The van der Waals surface area contributed by atoms with Gasteiger partial charge < -0.3 is 9.47 Å². The second-order valence-corrected chi connectivity index (χ2v) is 4.53. The predicted molar refractivity (Wildman–Crippen MR) is 47.3 cm³/mol. The third-order valence-electron chi connectivity index (χ3n) is 3.77. The van der Waals surface area contributed by atoms with Crippen LogP contribution in [0, 0.1) is 5.92 Å². The van der Waals surface area contributed by atoms with Gasteiger partial charge in [0.1, 0.15) is 12.2 Å². The third kappa shape index (κ3) is 0.617. The Balaban J connectivity index is 1.87. The normalized spacial score (nSPS) is 55.3. The topological polar surface area (TPSA) is 18.5 Å². The number of hydrogen-bond acceptors (Lipinski definition) is 2. The summed E-state index contributed by atoms with van der Waals surface area (Å²) in [5.74, 6) is 0.695. The van der Waals surface area contributed by atoms with Gasteiger partial charge in [0.2, 0.25) is 0 Å². The summed E-state index contributed by atoms with van der Waals surface area (Å²) in [6.45, 7) is 2.28. The highest BCUT2D eigenvalue weighted by molar-refractivity contribution is 5.48. The van der Waals surface area contributed by atoms with Crippen LogP contribution >= 0.6 is 0 Å². The van der Waals surface area contributed by atoms with Gasteiger partial charge in [-0.25, -0.2) is 0 Å². The van der Waals surface area contributed by atoms with E-state index in [-0.39, 0.29) is 12.2 Å². The van der Waals surface area contributed by atoms with Crippen molar-refractivity contribution in [1.29, 1.82) is 0 Å². The van der Waals surface area contributed by atoms with Crippen LogP contribution in [0.3, 0.4) is 0 Å². The third-order valence-corrected chi connectivity index (χ3v) is 3.77. The molecule has 0 amide bonds.